The van der Waals surface area contributed by atoms with Crippen molar-refractivity contribution < 1.29 is 4.74 Å². The molecule has 0 spiro atoms. The molecule has 0 atom stereocenters. The fourth-order valence-electron chi connectivity index (χ4n) is 2.14. The van der Waals surface area contributed by atoms with Crippen LogP contribution in [-0.2, 0) is 4.74 Å². The van der Waals surface area contributed by atoms with Gasteiger partial charge in [0.2, 0.25) is 0 Å². The van der Waals surface area contributed by atoms with Gasteiger partial charge in [0.25, 0.3) is 0 Å². The standard InChI is InChI=1S/C14H23N3OS/c1-4-11(5-2)17(8-9-18-3)12-6-7-13(14(15)19)16-10-12/h6-7,10-11H,4-5,8-9H2,1-3H3,(H2,15,19). The molecular weight excluding hydrogens is 258 g/mol. The van der Waals surface area contributed by atoms with Gasteiger partial charge in [-0.15, -0.1) is 0 Å². The minimum Gasteiger partial charge on any atom is -0.388 e. The zero-order valence-corrected chi connectivity index (χ0v) is 12.7. The van der Waals surface area contributed by atoms with Crippen molar-refractivity contribution in [1.82, 2.24) is 4.98 Å². The van der Waals surface area contributed by atoms with Crippen molar-refractivity contribution in [3.63, 3.8) is 0 Å². The number of ether oxygens (including phenoxy) is 1. The van der Waals surface area contributed by atoms with E-state index in [0.29, 0.717) is 23.3 Å². The molecule has 0 bridgehead atoms. The van der Waals surface area contributed by atoms with Crippen LogP contribution < -0.4 is 10.6 Å². The minimum atomic E-state index is 0.331. The van der Waals surface area contributed by atoms with Gasteiger partial charge in [0, 0.05) is 19.7 Å². The van der Waals surface area contributed by atoms with Crippen LogP contribution in [0.25, 0.3) is 0 Å². The van der Waals surface area contributed by atoms with E-state index in [2.05, 4.69) is 23.7 Å². The number of nitrogens with two attached hydrogens (primary N) is 1. The molecule has 19 heavy (non-hydrogen) atoms. The van der Waals surface area contributed by atoms with Crippen LogP contribution in [0.4, 0.5) is 5.69 Å². The number of hydrogen-bond donors (Lipinski definition) is 1. The lowest BCUT2D eigenvalue weighted by molar-refractivity contribution is 0.202. The molecule has 0 aliphatic heterocycles. The Morgan fingerprint density at radius 2 is 2.11 bits per heavy atom. The minimum absolute atomic E-state index is 0.331. The van der Waals surface area contributed by atoms with Gasteiger partial charge in [-0.3, -0.25) is 4.98 Å². The van der Waals surface area contributed by atoms with Gasteiger partial charge in [-0.05, 0) is 25.0 Å². The predicted octanol–water partition coefficient (Wildman–Crippen LogP) is 2.36. The topological polar surface area (TPSA) is 51.4 Å². The van der Waals surface area contributed by atoms with E-state index in [0.717, 1.165) is 25.1 Å². The highest BCUT2D eigenvalue weighted by atomic mass is 32.1. The summed E-state index contributed by atoms with van der Waals surface area (Å²) in [5, 5.41) is 0. The molecule has 106 valence electrons. The van der Waals surface area contributed by atoms with Gasteiger partial charge in [-0.1, -0.05) is 26.1 Å². The van der Waals surface area contributed by atoms with Gasteiger partial charge in [-0.2, -0.15) is 0 Å². The highest BCUT2D eigenvalue weighted by Gasteiger charge is 2.16. The quantitative estimate of drug-likeness (QED) is 0.741. The van der Waals surface area contributed by atoms with Crippen molar-refractivity contribution in [3.05, 3.63) is 24.0 Å². The summed E-state index contributed by atoms with van der Waals surface area (Å²) in [4.78, 5) is 6.97. The molecule has 1 rings (SSSR count). The van der Waals surface area contributed by atoms with Gasteiger partial charge >= 0.3 is 0 Å². The maximum absolute atomic E-state index is 5.57. The lowest BCUT2D eigenvalue weighted by Crippen LogP contribution is -2.37. The molecule has 2 N–H and O–H groups in total. The van der Waals surface area contributed by atoms with E-state index in [-0.39, 0.29) is 0 Å². The van der Waals surface area contributed by atoms with Crippen LogP contribution in [0.1, 0.15) is 32.4 Å². The molecule has 0 aromatic carbocycles. The molecule has 0 amide bonds. The largest absolute Gasteiger partial charge is 0.388 e. The first kappa shape index (κ1) is 15.9. The fourth-order valence-corrected chi connectivity index (χ4v) is 2.26. The van der Waals surface area contributed by atoms with E-state index in [1.807, 2.05) is 18.3 Å². The Labute approximate surface area is 121 Å². The van der Waals surface area contributed by atoms with E-state index >= 15 is 0 Å². The van der Waals surface area contributed by atoms with Crippen LogP contribution in [0.15, 0.2) is 18.3 Å². The molecule has 0 aliphatic rings. The van der Waals surface area contributed by atoms with Crippen molar-refractivity contribution in [3.8, 4) is 0 Å². The van der Waals surface area contributed by atoms with E-state index < -0.39 is 0 Å². The van der Waals surface area contributed by atoms with E-state index in [1.54, 1.807) is 7.11 Å². The second kappa shape index (κ2) is 8.07. The van der Waals surface area contributed by atoms with Crippen LogP contribution in [-0.4, -0.2) is 36.3 Å². The summed E-state index contributed by atoms with van der Waals surface area (Å²) >= 11 is 4.92. The monoisotopic (exact) mass is 281 g/mol. The zero-order valence-electron chi connectivity index (χ0n) is 11.9. The summed E-state index contributed by atoms with van der Waals surface area (Å²) in [6.07, 6.45) is 4.02. The molecular formula is C14H23N3OS. The van der Waals surface area contributed by atoms with Gasteiger partial charge in [-0.25, -0.2) is 0 Å². The SMILES string of the molecule is CCC(CC)N(CCOC)c1ccc(C(N)=S)nc1. The zero-order chi connectivity index (χ0) is 14.3. The Bertz CT molecular complexity index is 390. The third-order valence-electron chi connectivity index (χ3n) is 3.25. The molecule has 0 saturated carbocycles. The Morgan fingerprint density at radius 1 is 1.42 bits per heavy atom. The summed E-state index contributed by atoms with van der Waals surface area (Å²) in [5.41, 5.74) is 7.32. The van der Waals surface area contributed by atoms with Crippen LogP contribution in [0.2, 0.25) is 0 Å². The smallest absolute Gasteiger partial charge is 0.122 e. The second-order valence-electron chi connectivity index (χ2n) is 4.42. The molecule has 1 heterocycles. The number of rotatable bonds is 8. The molecule has 0 fully saturated rings. The summed E-state index contributed by atoms with van der Waals surface area (Å²) in [6, 6.07) is 4.39. The number of anilines is 1. The molecule has 4 nitrogen and oxygen atoms in total. The molecule has 0 aliphatic carbocycles. The first-order valence-electron chi connectivity index (χ1n) is 6.65. The molecule has 5 heteroatoms. The summed E-state index contributed by atoms with van der Waals surface area (Å²) in [5.74, 6) is 0. The third kappa shape index (κ3) is 4.44. The van der Waals surface area contributed by atoms with Crippen LogP contribution in [0, 0.1) is 0 Å². The Hall–Kier alpha value is -1.20. The highest BCUT2D eigenvalue weighted by Crippen LogP contribution is 2.19. The van der Waals surface area contributed by atoms with Crippen LogP contribution in [0.3, 0.4) is 0 Å². The molecule has 0 saturated heterocycles. The van der Waals surface area contributed by atoms with E-state index in [4.69, 9.17) is 22.7 Å². The number of nitrogens with zero attached hydrogens (tertiary/aromatic N) is 2. The molecule has 1 aromatic rings. The Balaban J connectivity index is 2.92. The van der Waals surface area contributed by atoms with Crippen molar-refractivity contribution >= 4 is 22.9 Å². The van der Waals surface area contributed by atoms with Crippen molar-refractivity contribution in [2.75, 3.05) is 25.2 Å². The fraction of sp³-hybridized carbons (Fsp3) is 0.571. The number of methoxy groups -OCH3 is 1. The number of pyridine rings is 1. The average Bonchev–Trinajstić information content (AvgIpc) is 2.43. The van der Waals surface area contributed by atoms with Crippen molar-refractivity contribution in [1.29, 1.82) is 0 Å². The first-order valence-corrected chi connectivity index (χ1v) is 7.06. The Kier molecular flexibility index (Phi) is 6.73. The summed E-state index contributed by atoms with van der Waals surface area (Å²) in [6.45, 7) is 5.96. The van der Waals surface area contributed by atoms with E-state index in [1.165, 1.54) is 0 Å². The van der Waals surface area contributed by atoms with Gasteiger partial charge < -0.3 is 15.4 Å². The number of hydrogen-bond acceptors (Lipinski definition) is 4. The lowest BCUT2D eigenvalue weighted by Gasteiger charge is -2.32. The summed E-state index contributed by atoms with van der Waals surface area (Å²) < 4.78 is 5.19. The van der Waals surface area contributed by atoms with Crippen molar-refractivity contribution in [2.45, 2.75) is 32.7 Å². The Morgan fingerprint density at radius 3 is 2.53 bits per heavy atom. The maximum atomic E-state index is 5.57. The van der Waals surface area contributed by atoms with Crippen LogP contribution in [0.5, 0.6) is 0 Å². The van der Waals surface area contributed by atoms with Crippen LogP contribution >= 0.6 is 12.2 Å². The molecule has 0 radical (unpaired) electrons. The second-order valence-corrected chi connectivity index (χ2v) is 4.86. The predicted molar refractivity (Wildman–Crippen MR) is 83.7 cm³/mol. The molecule has 0 unspecified atom stereocenters. The van der Waals surface area contributed by atoms with Gasteiger partial charge in [0.05, 0.1) is 24.2 Å². The van der Waals surface area contributed by atoms with Gasteiger partial charge in [0.15, 0.2) is 0 Å². The van der Waals surface area contributed by atoms with E-state index in [9.17, 15) is 0 Å². The van der Waals surface area contributed by atoms with Crippen molar-refractivity contribution in [2.24, 2.45) is 5.73 Å². The highest BCUT2D eigenvalue weighted by molar-refractivity contribution is 7.80. The maximum Gasteiger partial charge on any atom is 0.122 e. The third-order valence-corrected chi connectivity index (χ3v) is 3.46. The number of aromatic nitrogens is 1. The van der Waals surface area contributed by atoms with Gasteiger partial charge in [0.1, 0.15) is 4.99 Å². The average molecular weight is 281 g/mol. The normalized spacial score (nSPS) is 10.7. The summed E-state index contributed by atoms with van der Waals surface area (Å²) in [7, 11) is 1.72. The number of thiocarbonyl (C=S) groups is 1. The lowest BCUT2D eigenvalue weighted by atomic mass is 10.1. The molecule has 1 aromatic heterocycles. The first-order chi connectivity index (χ1) is 9.13.